The second kappa shape index (κ2) is 8.28. The molecule has 3 aromatic rings. The van der Waals surface area contributed by atoms with Crippen molar-refractivity contribution < 1.29 is 0 Å². The second-order valence-corrected chi connectivity index (χ2v) is 7.25. The first-order valence-corrected chi connectivity index (χ1v) is 9.19. The normalized spacial score (nSPS) is 11.8. The van der Waals surface area contributed by atoms with Crippen LogP contribution in [-0.4, -0.2) is 25.5 Å². The van der Waals surface area contributed by atoms with Crippen LogP contribution in [0.4, 0.5) is 0 Å². The smallest absolute Gasteiger partial charge is 0.0175 e. The summed E-state index contributed by atoms with van der Waals surface area (Å²) in [6.07, 6.45) is 2.30. The van der Waals surface area contributed by atoms with E-state index in [1.807, 2.05) is 0 Å². The molecule has 0 amide bonds. The minimum Gasteiger partial charge on any atom is -0.306 e. The van der Waals surface area contributed by atoms with Crippen LogP contribution in [0.1, 0.15) is 11.1 Å². The Hall–Kier alpha value is -2.16. The molecule has 0 aromatic heterocycles. The van der Waals surface area contributed by atoms with Gasteiger partial charge in [0, 0.05) is 11.0 Å². The molecule has 0 aliphatic heterocycles. The summed E-state index contributed by atoms with van der Waals surface area (Å²) in [6.45, 7) is 0.915. The van der Waals surface area contributed by atoms with E-state index in [2.05, 4.69) is 120 Å². The van der Waals surface area contributed by atoms with Gasteiger partial charge in [-0.1, -0.05) is 88.7 Å². The Labute approximate surface area is 158 Å². The van der Waals surface area contributed by atoms with Gasteiger partial charge in [-0.05, 0) is 54.1 Å². The highest BCUT2D eigenvalue weighted by atomic mass is 79.9. The predicted octanol–water partition coefficient (Wildman–Crippen LogP) is 6.11. The molecule has 3 rings (SSSR count). The third-order valence-electron chi connectivity index (χ3n) is 4.12. The van der Waals surface area contributed by atoms with Crippen molar-refractivity contribution in [1.29, 1.82) is 0 Å². The first-order chi connectivity index (χ1) is 12.1. The highest BCUT2D eigenvalue weighted by Crippen LogP contribution is 2.27. The Morgan fingerprint density at radius 2 is 1.28 bits per heavy atom. The summed E-state index contributed by atoms with van der Waals surface area (Å²) in [7, 11) is 4.19. The Kier molecular flexibility index (Phi) is 5.85. The summed E-state index contributed by atoms with van der Waals surface area (Å²) in [5.41, 5.74) is 6.23. The summed E-state index contributed by atoms with van der Waals surface area (Å²) in [6, 6.07) is 27.8. The van der Waals surface area contributed by atoms with Gasteiger partial charge in [0.25, 0.3) is 0 Å². The fourth-order valence-corrected chi connectivity index (χ4v) is 3.04. The van der Waals surface area contributed by atoms with Crippen molar-refractivity contribution in [2.45, 2.75) is 0 Å². The van der Waals surface area contributed by atoms with Gasteiger partial charge in [-0.15, -0.1) is 0 Å². The summed E-state index contributed by atoms with van der Waals surface area (Å²) < 4.78 is 1.10. The van der Waals surface area contributed by atoms with E-state index in [9.17, 15) is 0 Å². The lowest BCUT2D eigenvalue weighted by molar-refractivity contribution is 0.457. The number of benzene rings is 3. The molecule has 3 aromatic carbocycles. The van der Waals surface area contributed by atoms with Crippen LogP contribution in [0.2, 0.25) is 0 Å². The lowest BCUT2D eigenvalue weighted by Gasteiger charge is -2.12. The number of halogens is 1. The molecule has 1 nitrogen and oxygen atoms in total. The van der Waals surface area contributed by atoms with Crippen LogP contribution >= 0.6 is 15.9 Å². The van der Waals surface area contributed by atoms with Gasteiger partial charge in [-0.3, -0.25) is 0 Å². The first kappa shape index (κ1) is 17.7. The molecule has 0 fully saturated rings. The molecule has 0 saturated carbocycles. The molecular formula is C23H22BrN. The molecule has 25 heavy (non-hydrogen) atoms. The van der Waals surface area contributed by atoms with Gasteiger partial charge in [-0.25, -0.2) is 0 Å². The van der Waals surface area contributed by atoms with Crippen LogP contribution in [0.3, 0.4) is 0 Å². The van der Waals surface area contributed by atoms with Gasteiger partial charge in [-0.2, -0.15) is 0 Å². The lowest BCUT2D eigenvalue weighted by Crippen LogP contribution is -2.11. The number of likely N-dealkylation sites (N-methyl/N-ethyl adjacent to an activating group) is 1. The summed E-state index contributed by atoms with van der Waals surface area (Å²) >= 11 is 3.49. The topological polar surface area (TPSA) is 3.24 Å². The monoisotopic (exact) mass is 391 g/mol. The molecule has 126 valence electrons. The standard InChI is InChI=1S/C23H22BrN/c1-25(2)17-16-23(20-6-4-3-5-7-20)21-10-8-18(9-11-21)19-12-14-22(24)15-13-19/h3-16H,17H2,1-2H3/b23-16-. The van der Waals surface area contributed by atoms with Crippen LogP contribution < -0.4 is 0 Å². The minimum absolute atomic E-state index is 0.915. The Bertz CT molecular complexity index is 832. The molecule has 0 unspecified atom stereocenters. The van der Waals surface area contributed by atoms with Crippen molar-refractivity contribution >= 4 is 21.5 Å². The molecule has 0 aliphatic rings. The van der Waals surface area contributed by atoms with Crippen molar-refractivity contribution in [1.82, 2.24) is 4.90 Å². The van der Waals surface area contributed by atoms with Crippen molar-refractivity contribution in [3.63, 3.8) is 0 Å². The van der Waals surface area contributed by atoms with E-state index in [1.165, 1.54) is 27.8 Å². The van der Waals surface area contributed by atoms with Crippen LogP contribution in [0.25, 0.3) is 16.7 Å². The van der Waals surface area contributed by atoms with E-state index in [0.29, 0.717) is 0 Å². The minimum atomic E-state index is 0.915. The number of hydrogen-bond donors (Lipinski definition) is 0. The van der Waals surface area contributed by atoms with E-state index in [1.54, 1.807) is 0 Å². The van der Waals surface area contributed by atoms with E-state index in [-0.39, 0.29) is 0 Å². The zero-order valence-electron chi connectivity index (χ0n) is 14.6. The van der Waals surface area contributed by atoms with Crippen LogP contribution in [0.5, 0.6) is 0 Å². The van der Waals surface area contributed by atoms with E-state index < -0.39 is 0 Å². The number of hydrogen-bond acceptors (Lipinski definition) is 1. The van der Waals surface area contributed by atoms with E-state index in [4.69, 9.17) is 0 Å². The van der Waals surface area contributed by atoms with Crippen molar-refractivity contribution in [3.05, 3.63) is 101 Å². The van der Waals surface area contributed by atoms with Gasteiger partial charge in [0.05, 0.1) is 0 Å². The first-order valence-electron chi connectivity index (χ1n) is 8.40. The summed E-state index contributed by atoms with van der Waals surface area (Å²) in [5.74, 6) is 0. The predicted molar refractivity (Wildman–Crippen MR) is 112 cm³/mol. The fraction of sp³-hybridized carbons (Fsp3) is 0.130. The van der Waals surface area contributed by atoms with Gasteiger partial charge >= 0.3 is 0 Å². The molecular weight excluding hydrogens is 370 g/mol. The molecule has 0 N–H and O–H groups in total. The van der Waals surface area contributed by atoms with Crippen molar-refractivity contribution in [2.75, 3.05) is 20.6 Å². The van der Waals surface area contributed by atoms with E-state index >= 15 is 0 Å². The third-order valence-corrected chi connectivity index (χ3v) is 4.65. The van der Waals surface area contributed by atoms with Gasteiger partial charge in [0.2, 0.25) is 0 Å². The van der Waals surface area contributed by atoms with Gasteiger partial charge < -0.3 is 4.90 Å². The Morgan fingerprint density at radius 1 is 0.760 bits per heavy atom. The quantitative estimate of drug-likeness (QED) is 0.506. The molecule has 0 spiro atoms. The van der Waals surface area contributed by atoms with Crippen LogP contribution in [0, 0.1) is 0 Å². The summed E-state index contributed by atoms with van der Waals surface area (Å²) in [5, 5.41) is 0. The zero-order chi connectivity index (χ0) is 17.6. The maximum absolute atomic E-state index is 3.49. The van der Waals surface area contributed by atoms with Crippen molar-refractivity contribution in [3.8, 4) is 11.1 Å². The maximum atomic E-state index is 3.49. The van der Waals surface area contributed by atoms with Gasteiger partial charge in [0.15, 0.2) is 0 Å². The van der Waals surface area contributed by atoms with Crippen LogP contribution in [-0.2, 0) is 0 Å². The number of rotatable bonds is 5. The second-order valence-electron chi connectivity index (χ2n) is 6.33. The van der Waals surface area contributed by atoms with Crippen LogP contribution in [0.15, 0.2) is 89.4 Å². The maximum Gasteiger partial charge on any atom is 0.0175 e. The van der Waals surface area contributed by atoms with E-state index in [0.717, 1.165) is 11.0 Å². The Balaban J connectivity index is 1.94. The lowest BCUT2D eigenvalue weighted by atomic mass is 9.95. The van der Waals surface area contributed by atoms with Crippen molar-refractivity contribution in [2.24, 2.45) is 0 Å². The summed E-state index contributed by atoms with van der Waals surface area (Å²) in [4.78, 5) is 2.18. The zero-order valence-corrected chi connectivity index (χ0v) is 16.2. The Morgan fingerprint density at radius 3 is 1.84 bits per heavy atom. The molecule has 0 saturated heterocycles. The molecule has 0 bridgehead atoms. The molecule has 0 heterocycles. The number of nitrogens with zero attached hydrogens (tertiary/aromatic N) is 1. The molecule has 0 radical (unpaired) electrons. The highest BCUT2D eigenvalue weighted by Gasteiger charge is 2.06. The third kappa shape index (κ3) is 4.68. The van der Waals surface area contributed by atoms with Gasteiger partial charge in [0.1, 0.15) is 0 Å². The average molecular weight is 392 g/mol. The SMILES string of the molecule is CN(C)C/C=C(/c1ccccc1)c1ccc(-c2ccc(Br)cc2)cc1. The fourth-order valence-electron chi connectivity index (χ4n) is 2.78. The average Bonchev–Trinajstić information content (AvgIpc) is 2.64. The highest BCUT2D eigenvalue weighted by molar-refractivity contribution is 9.10. The molecule has 0 aliphatic carbocycles. The molecule has 0 atom stereocenters. The largest absolute Gasteiger partial charge is 0.306 e. The molecule has 2 heteroatoms.